The van der Waals surface area contributed by atoms with Crippen LogP contribution in [0.15, 0.2) is 48.5 Å². The molecule has 0 amide bonds. The topological polar surface area (TPSA) is 111 Å². The van der Waals surface area contributed by atoms with Crippen LogP contribution in [0.1, 0.15) is 22.8 Å². The summed E-state index contributed by atoms with van der Waals surface area (Å²) in [5.41, 5.74) is -0.0987. The number of rotatable bonds is 21. The van der Waals surface area contributed by atoms with Gasteiger partial charge in [0, 0.05) is 12.6 Å². The fourth-order valence-electron chi connectivity index (χ4n) is 3.20. The molecule has 0 aliphatic rings. The summed E-state index contributed by atoms with van der Waals surface area (Å²) in [6.45, 7) is 5.09. The Morgan fingerprint density at radius 2 is 1.15 bits per heavy atom. The van der Waals surface area contributed by atoms with Gasteiger partial charge in [0.15, 0.2) is 0 Å². The standard InChI is InChI=1S/C28H36F3NO9/c1-22(33)40-19-17-38-15-13-36-11-9-35-10-12-37-14-16-39-18-20-41-27(34)25-7-2-3-8-26(25)32-24-6-4-5-23(21-24)28(29,30)31/h2-8,21,32H,9-20H2,1H3. The number of benzene rings is 2. The van der Waals surface area contributed by atoms with Gasteiger partial charge in [-0.2, -0.15) is 13.2 Å². The predicted molar refractivity (Wildman–Crippen MR) is 142 cm³/mol. The Kier molecular flexibility index (Phi) is 16.4. The molecule has 10 nitrogen and oxygen atoms in total. The third kappa shape index (κ3) is 15.4. The van der Waals surface area contributed by atoms with Gasteiger partial charge >= 0.3 is 18.1 Å². The molecule has 0 spiro atoms. The molecule has 0 saturated heterocycles. The molecule has 0 unspecified atom stereocenters. The van der Waals surface area contributed by atoms with Crippen molar-refractivity contribution in [3.05, 3.63) is 59.7 Å². The van der Waals surface area contributed by atoms with Crippen LogP contribution >= 0.6 is 0 Å². The average molecular weight is 588 g/mol. The van der Waals surface area contributed by atoms with Crippen molar-refractivity contribution in [3.8, 4) is 0 Å². The summed E-state index contributed by atoms with van der Waals surface area (Å²) in [5, 5.41) is 2.85. The molecule has 2 aromatic carbocycles. The molecule has 1 N–H and O–H groups in total. The second-order valence-electron chi connectivity index (χ2n) is 8.29. The van der Waals surface area contributed by atoms with Gasteiger partial charge in [0.05, 0.1) is 82.9 Å². The van der Waals surface area contributed by atoms with Gasteiger partial charge in [-0.25, -0.2) is 4.79 Å². The summed E-state index contributed by atoms with van der Waals surface area (Å²) in [6, 6.07) is 11.1. The van der Waals surface area contributed by atoms with Crippen LogP contribution < -0.4 is 5.32 Å². The minimum atomic E-state index is -4.47. The van der Waals surface area contributed by atoms with Gasteiger partial charge in [-0.15, -0.1) is 0 Å². The number of carbonyl (C=O) groups is 2. The van der Waals surface area contributed by atoms with E-state index in [1.165, 1.54) is 25.1 Å². The first-order valence-corrected chi connectivity index (χ1v) is 13.0. The lowest BCUT2D eigenvalue weighted by Gasteiger charge is -2.13. The van der Waals surface area contributed by atoms with E-state index in [1.54, 1.807) is 18.2 Å². The molecule has 0 fully saturated rings. The van der Waals surface area contributed by atoms with Gasteiger partial charge < -0.3 is 38.5 Å². The van der Waals surface area contributed by atoms with Crippen molar-refractivity contribution in [1.82, 2.24) is 0 Å². The van der Waals surface area contributed by atoms with Crippen LogP contribution in [-0.4, -0.2) is 91.2 Å². The highest BCUT2D eigenvalue weighted by Crippen LogP contribution is 2.32. The Labute approximate surface area is 236 Å². The second-order valence-corrected chi connectivity index (χ2v) is 8.29. The summed E-state index contributed by atoms with van der Waals surface area (Å²) in [6.07, 6.45) is -4.47. The van der Waals surface area contributed by atoms with Gasteiger partial charge in [-0.05, 0) is 30.3 Å². The highest BCUT2D eigenvalue weighted by atomic mass is 19.4. The SMILES string of the molecule is CC(=O)OCCOCCOCCOCCOCCOCCOC(=O)c1ccccc1Nc1cccc(C(F)(F)F)c1. The molecule has 228 valence electrons. The number of anilines is 2. The average Bonchev–Trinajstić information content (AvgIpc) is 2.94. The first-order chi connectivity index (χ1) is 19.8. The largest absolute Gasteiger partial charge is 0.463 e. The van der Waals surface area contributed by atoms with Gasteiger partial charge in [0.2, 0.25) is 0 Å². The normalized spacial score (nSPS) is 11.3. The molecule has 0 aliphatic carbocycles. The minimum absolute atomic E-state index is 0.00291. The summed E-state index contributed by atoms with van der Waals surface area (Å²) >= 11 is 0. The third-order valence-electron chi connectivity index (χ3n) is 5.10. The summed E-state index contributed by atoms with van der Waals surface area (Å²) < 4.78 is 75.7. The van der Waals surface area contributed by atoms with E-state index in [0.29, 0.717) is 65.1 Å². The van der Waals surface area contributed by atoms with Gasteiger partial charge in [0.1, 0.15) is 13.2 Å². The number of para-hydroxylation sites is 1. The molecule has 0 bridgehead atoms. The van der Waals surface area contributed by atoms with E-state index >= 15 is 0 Å². The number of hydrogen-bond donors (Lipinski definition) is 1. The minimum Gasteiger partial charge on any atom is -0.463 e. The van der Waals surface area contributed by atoms with Crippen LogP contribution in [-0.2, 0) is 44.1 Å². The fourth-order valence-corrected chi connectivity index (χ4v) is 3.20. The van der Waals surface area contributed by atoms with E-state index in [2.05, 4.69) is 5.32 Å². The van der Waals surface area contributed by atoms with Crippen molar-refractivity contribution >= 4 is 23.3 Å². The highest BCUT2D eigenvalue weighted by Gasteiger charge is 2.30. The Morgan fingerprint density at radius 1 is 0.659 bits per heavy atom. The first kappa shape index (κ1) is 34.0. The summed E-state index contributed by atoms with van der Waals surface area (Å²) in [5.74, 6) is -0.971. The maximum atomic E-state index is 13.0. The molecule has 41 heavy (non-hydrogen) atoms. The van der Waals surface area contributed by atoms with Gasteiger partial charge in [0.25, 0.3) is 0 Å². The van der Waals surface area contributed by atoms with Crippen molar-refractivity contribution < 1.29 is 55.9 Å². The molecule has 0 aromatic heterocycles. The van der Waals surface area contributed by atoms with Crippen LogP contribution in [0.2, 0.25) is 0 Å². The molecule has 13 heteroatoms. The van der Waals surface area contributed by atoms with E-state index in [1.807, 2.05) is 0 Å². The van der Waals surface area contributed by atoms with Crippen molar-refractivity contribution in [2.45, 2.75) is 13.1 Å². The van der Waals surface area contributed by atoms with Gasteiger partial charge in [-0.3, -0.25) is 4.79 Å². The van der Waals surface area contributed by atoms with Crippen LogP contribution in [0.5, 0.6) is 0 Å². The second kappa shape index (κ2) is 19.8. The van der Waals surface area contributed by atoms with Gasteiger partial charge in [-0.1, -0.05) is 18.2 Å². The predicted octanol–water partition coefficient (Wildman–Crippen LogP) is 4.25. The van der Waals surface area contributed by atoms with E-state index in [9.17, 15) is 22.8 Å². The number of esters is 2. The molecule has 2 aromatic rings. The van der Waals surface area contributed by atoms with Crippen molar-refractivity contribution in [3.63, 3.8) is 0 Å². The molecule has 0 saturated carbocycles. The van der Waals surface area contributed by atoms with Crippen LogP contribution in [0, 0.1) is 0 Å². The zero-order chi connectivity index (χ0) is 29.8. The van der Waals surface area contributed by atoms with Crippen LogP contribution in [0.4, 0.5) is 24.5 Å². The van der Waals surface area contributed by atoms with Crippen molar-refractivity contribution in [2.75, 3.05) is 84.6 Å². The molecule has 0 aliphatic heterocycles. The Hall–Kier alpha value is -3.23. The lowest BCUT2D eigenvalue weighted by Crippen LogP contribution is -2.15. The smallest absolute Gasteiger partial charge is 0.416 e. The Morgan fingerprint density at radius 3 is 1.66 bits per heavy atom. The van der Waals surface area contributed by atoms with Crippen LogP contribution in [0.3, 0.4) is 0 Å². The third-order valence-corrected chi connectivity index (χ3v) is 5.10. The summed E-state index contributed by atoms with van der Waals surface area (Å²) in [7, 11) is 0. The molecule has 2 rings (SSSR count). The van der Waals surface area contributed by atoms with Crippen molar-refractivity contribution in [2.24, 2.45) is 0 Å². The zero-order valence-electron chi connectivity index (χ0n) is 22.9. The lowest BCUT2D eigenvalue weighted by atomic mass is 10.1. The molecular weight excluding hydrogens is 551 g/mol. The number of carbonyl (C=O) groups excluding carboxylic acids is 2. The number of hydrogen-bond acceptors (Lipinski definition) is 10. The fraction of sp³-hybridized carbons (Fsp3) is 0.500. The molecule has 0 atom stereocenters. The first-order valence-electron chi connectivity index (χ1n) is 13.0. The zero-order valence-corrected chi connectivity index (χ0v) is 22.9. The number of alkyl halides is 3. The molecular formula is C28H36F3NO9. The van der Waals surface area contributed by atoms with E-state index in [-0.39, 0.29) is 37.0 Å². The van der Waals surface area contributed by atoms with E-state index in [0.717, 1.165) is 12.1 Å². The Balaban J connectivity index is 1.48. The van der Waals surface area contributed by atoms with Crippen LogP contribution in [0.25, 0.3) is 0 Å². The lowest BCUT2D eigenvalue weighted by molar-refractivity contribution is -0.142. The summed E-state index contributed by atoms with van der Waals surface area (Å²) in [4.78, 5) is 23.1. The molecule has 0 heterocycles. The molecule has 0 radical (unpaired) electrons. The number of ether oxygens (including phenoxy) is 7. The van der Waals surface area contributed by atoms with E-state index in [4.69, 9.17) is 33.2 Å². The monoisotopic (exact) mass is 587 g/mol. The maximum Gasteiger partial charge on any atom is 0.416 e. The quantitative estimate of drug-likeness (QED) is 0.168. The van der Waals surface area contributed by atoms with Crippen molar-refractivity contribution in [1.29, 1.82) is 0 Å². The number of halogens is 3. The maximum absolute atomic E-state index is 13.0. The number of nitrogens with one attached hydrogen (secondary N) is 1. The Bertz CT molecular complexity index is 1040. The van der Waals surface area contributed by atoms with E-state index < -0.39 is 17.7 Å². The highest BCUT2D eigenvalue weighted by molar-refractivity contribution is 5.96.